The zero-order valence-electron chi connectivity index (χ0n) is 22.1. The van der Waals surface area contributed by atoms with Crippen molar-refractivity contribution in [1.29, 1.82) is 0 Å². The molecule has 2 aromatic rings. The average molecular weight is 512 g/mol. The number of halogens is 1. The van der Waals surface area contributed by atoms with E-state index in [-0.39, 0.29) is 29.9 Å². The van der Waals surface area contributed by atoms with Crippen LogP contribution in [0.15, 0.2) is 18.2 Å². The number of methoxy groups -OCH3 is 1. The number of nitrogens with zero attached hydrogens (tertiary/aromatic N) is 3. The first-order chi connectivity index (χ1) is 17.6. The maximum absolute atomic E-state index is 14.4. The number of fused-ring (bicyclic) bond motifs is 2. The number of carbonyl (C=O) groups is 1. The van der Waals surface area contributed by atoms with E-state index >= 15 is 0 Å². The Labute approximate surface area is 217 Å². The van der Waals surface area contributed by atoms with Crippen molar-refractivity contribution in [3.8, 4) is 17.2 Å². The fourth-order valence-corrected chi connectivity index (χ4v) is 4.83. The van der Waals surface area contributed by atoms with Crippen molar-refractivity contribution in [1.82, 2.24) is 4.90 Å². The lowest BCUT2D eigenvalue weighted by molar-refractivity contribution is 0.0258. The summed E-state index contributed by atoms with van der Waals surface area (Å²) in [6.45, 7) is 18.1. The van der Waals surface area contributed by atoms with Crippen LogP contribution in [-0.2, 0) is 17.6 Å². The van der Waals surface area contributed by atoms with E-state index < -0.39 is 11.4 Å². The molecule has 4 rings (SSSR count). The van der Waals surface area contributed by atoms with Gasteiger partial charge in [-0.2, -0.15) is 0 Å². The Morgan fingerprint density at radius 3 is 2.62 bits per heavy atom. The first-order valence-electron chi connectivity index (χ1n) is 12.5. The van der Waals surface area contributed by atoms with E-state index in [1.807, 2.05) is 20.8 Å². The van der Waals surface area contributed by atoms with Crippen LogP contribution in [-0.4, -0.2) is 63.1 Å². The number of hydrogen-bond acceptors (Lipinski definition) is 6. The van der Waals surface area contributed by atoms with Crippen LogP contribution in [0.25, 0.3) is 4.85 Å². The van der Waals surface area contributed by atoms with E-state index in [0.29, 0.717) is 32.8 Å². The van der Waals surface area contributed by atoms with Crippen LogP contribution in [0, 0.1) is 19.3 Å². The van der Waals surface area contributed by atoms with E-state index in [4.69, 9.17) is 25.5 Å². The van der Waals surface area contributed by atoms with Gasteiger partial charge in [0, 0.05) is 19.2 Å². The fourth-order valence-electron chi connectivity index (χ4n) is 4.83. The minimum Gasteiger partial charge on any atom is -0.508 e. The van der Waals surface area contributed by atoms with Gasteiger partial charge in [-0.1, -0.05) is 0 Å². The summed E-state index contributed by atoms with van der Waals surface area (Å²) >= 11 is 0. The van der Waals surface area contributed by atoms with Crippen molar-refractivity contribution < 1.29 is 28.1 Å². The first-order valence-corrected chi connectivity index (χ1v) is 12.5. The van der Waals surface area contributed by atoms with Crippen molar-refractivity contribution in [3.05, 3.63) is 52.1 Å². The molecule has 0 N–H and O–H groups in total. The highest BCUT2D eigenvalue weighted by Gasteiger charge is 2.29. The largest absolute Gasteiger partial charge is 0.508 e. The summed E-state index contributed by atoms with van der Waals surface area (Å²) in [7, 11) is 1.44. The Balaban J connectivity index is 1.48. The molecule has 2 aliphatic rings. The molecule has 37 heavy (non-hydrogen) atoms. The molecule has 0 aromatic heterocycles. The molecule has 0 saturated heterocycles. The molecule has 1 amide bonds. The summed E-state index contributed by atoms with van der Waals surface area (Å²) in [6.07, 6.45) is 1.18. The van der Waals surface area contributed by atoms with Crippen LogP contribution in [0.5, 0.6) is 17.2 Å². The highest BCUT2D eigenvalue weighted by molar-refractivity contribution is 5.71. The van der Waals surface area contributed by atoms with Crippen LogP contribution in [0.3, 0.4) is 0 Å². The van der Waals surface area contributed by atoms with Gasteiger partial charge in [0.05, 0.1) is 32.5 Å². The third kappa shape index (κ3) is 5.85. The summed E-state index contributed by atoms with van der Waals surface area (Å²) in [6, 6.07) is 4.64. The molecule has 2 aromatic carbocycles. The number of benzene rings is 2. The van der Waals surface area contributed by atoms with Gasteiger partial charge in [0.15, 0.2) is 11.6 Å². The molecule has 0 unspecified atom stereocenters. The fraction of sp³-hybridized carbons (Fsp3) is 0.500. The molecule has 0 fully saturated rings. The summed E-state index contributed by atoms with van der Waals surface area (Å²) < 4.78 is 37.0. The van der Waals surface area contributed by atoms with Crippen LogP contribution in [0.4, 0.5) is 20.6 Å². The molecule has 198 valence electrons. The van der Waals surface area contributed by atoms with E-state index in [1.54, 1.807) is 4.90 Å². The Morgan fingerprint density at radius 1 is 1.16 bits per heavy atom. The van der Waals surface area contributed by atoms with Crippen LogP contribution >= 0.6 is 0 Å². The zero-order chi connectivity index (χ0) is 26.7. The molecule has 8 nitrogen and oxygen atoms in total. The maximum atomic E-state index is 14.4. The Morgan fingerprint density at radius 2 is 1.92 bits per heavy atom. The molecule has 2 heterocycles. The van der Waals surface area contributed by atoms with Gasteiger partial charge in [0.2, 0.25) is 5.69 Å². The molecule has 2 aliphatic heterocycles. The minimum atomic E-state index is -0.592. The number of anilines is 1. The predicted octanol–water partition coefficient (Wildman–Crippen LogP) is 5.31. The number of carbonyl (C=O) groups excluding carboxylic acids is 1. The van der Waals surface area contributed by atoms with Crippen LogP contribution in [0.2, 0.25) is 0 Å². The number of hydrogen-bond donors (Lipinski definition) is 0. The zero-order valence-corrected chi connectivity index (χ0v) is 22.1. The highest BCUT2D eigenvalue weighted by atomic mass is 19.1. The van der Waals surface area contributed by atoms with E-state index in [2.05, 4.69) is 22.7 Å². The molecule has 9 heteroatoms. The Bertz CT molecular complexity index is 1220. The molecule has 0 bridgehead atoms. The normalized spacial score (nSPS) is 15.1. The third-order valence-corrected chi connectivity index (χ3v) is 6.58. The van der Waals surface area contributed by atoms with Crippen molar-refractivity contribution in [2.45, 2.75) is 46.1 Å². The standard InChI is InChI=1S/C28H34FN3O5/c1-18-20-8-10-32(27(33)37-28(2,3)4)9-7-19(20)15-25-26(18)31(12-14-36-25)11-13-35-23-17-24(34-6)22(30-5)16-21(23)29/h15-17H,7-14H2,1-4,6H3. The average Bonchev–Trinajstić information content (AvgIpc) is 3.07. The van der Waals surface area contributed by atoms with Crippen molar-refractivity contribution in [2.75, 3.05) is 51.4 Å². The third-order valence-electron chi connectivity index (χ3n) is 6.58. The lowest BCUT2D eigenvalue weighted by Gasteiger charge is -2.34. The summed E-state index contributed by atoms with van der Waals surface area (Å²) in [4.78, 5) is 19.9. The predicted molar refractivity (Wildman–Crippen MR) is 139 cm³/mol. The van der Waals surface area contributed by atoms with E-state index in [0.717, 1.165) is 35.9 Å². The van der Waals surface area contributed by atoms with Gasteiger partial charge in [-0.3, -0.25) is 0 Å². The van der Waals surface area contributed by atoms with Gasteiger partial charge in [-0.05, 0) is 69.4 Å². The Hall–Kier alpha value is -3.67. The molecular weight excluding hydrogens is 477 g/mol. The van der Waals surface area contributed by atoms with E-state index in [1.165, 1.54) is 24.3 Å². The molecular formula is C28H34FN3O5. The molecule has 0 saturated carbocycles. The summed E-state index contributed by atoms with van der Waals surface area (Å²) in [5.41, 5.74) is 4.14. The van der Waals surface area contributed by atoms with Crippen molar-refractivity contribution in [2.24, 2.45) is 0 Å². The molecule has 0 atom stereocenters. The second-order valence-electron chi connectivity index (χ2n) is 10.2. The van der Waals surface area contributed by atoms with Crippen molar-refractivity contribution >= 4 is 17.5 Å². The van der Waals surface area contributed by atoms with Crippen LogP contribution in [0.1, 0.15) is 37.5 Å². The van der Waals surface area contributed by atoms with Gasteiger partial charge in [0.1, 0.15) is 30.3 Å². The summed E-state index contributed by atoms with van der Waals surface area (Å²) in [5.74, 6) is 0.563. The molecule has 0 spiro atoms. The summed E-state index contributed by atoms with van der Waals surface area (Å²) in [5, 5.41) is 0. The van der Waals surface area contributed by atoms with Crippen molar-refractivity contribution in [3.63, 3.8) is 0 Å². The lowest BCUT2D eigenvalue weighted by Crippen LogP contribution is -2.38. The lowest BCUT2D eigenvalue weighted by atomic mass is 9.94. The van der Waals surface area contributed by atoms with Gasteiger partial charge >= 0.3 is 6.09 Å². The number of amides is 1. The maximum Gasteiger partial charge on any atom is 0.410 e. The molecule has 0 aliphatic carbocycles. The second-order valence-corrected chi connectivity index (χ2v) is 10.2. The minimum absolute atomic E-state index is 0.0543. The van der Waals surface area contributed by atoms with Gasteiger partial charge < -0.3 is 28.7 Å². The number of ether oxygens (including phenoxy) is 4. The second kappa shape index (κ2) is 10.8. The highest BCUT2D eigenvalue weighted by Crippen LogP contribution is 2.40. The topological polar surface area (TPSA) is 64.8 Å². The quantitative estimate of drug-likeness (QED) is 0.507. The Kier molecular flexibility index (Phi) is 7.67. The first kappa shape index (κ1) is 26.4. The van der Waals surface area contributed by atoms with Gasteiger partial charge in [-0.25, -0.2) is 14.0 Å². The monoisotopic (exact) mass is 511 g/mol. The molecule has 0 radical (unpaired) electrons. The smallest absolute Gasteiger partial charge is 0.410 e. The number of rotatable bonds is 5. The van der Waals surface area contributed by atoms with Gasteiger partial charge in [-0.15, -0.1) is 0 Å². The SMILES string of the molecule is [C-]#[N+]c1cc(F)c(OCCN2CCOc3cc4c(c(C)c32)CCN(C(=O)OC(C)(C)C)CC4)cc1OC. The van der Waals surface area contributed by atoms with E-state index in [9.17, 15) is 9.18 Å². The van der Waals surface area contributed by atoms with Crippen LogP contribution < -0.4 is 19.1 Å². The van der Waals surface area contributed by atoms with Gasteiger partial charge in [0.25, 0.3) is 0 Å².